The van der Waals surface area contributed by atoms with Crippen LogP contribution in [-0.4, -0.2) is 58.5 Å². The van der Waals surface area contributed by atoms with Crippen LogP contribution < -0.4 is 10.2 Å². The van der Waals surface area contributed by atoms with Crippen molar-refractivity contribution in [1.82, 2.24) is 14.4 Å². The van der Waals surface area contributed by atoms with E-state index in [2.05, 4.69) is 4.90 Å². The highest BCUT2D eigenvalue weighted by atomic mass is 16.5. The van der Waals surface area contributed by atoms with Crippen molar-refractivity contribution in [3.8, 4) is 5.75 Å². The van der Waals surface area contributed by atoms with Gasteiger partial charge in [0.1, 0.15) is 6.17 Å². The molecule has 2 aromatic rings. The van der Waals surface area contributed by atoms with E-state index in [0.717, 1.165) is 24.9 Å². The monoisotopic (exact) mass is 437 g/mol. The molecule has 5 rings (SSSR count). The molecule has 0 saturated carbocycles. The Hall–Kier alpha value is -2.93. The van der Waals surface area contributed by atoms with E-state index in [0.29, 0.717) is 25.6 Å². The van der Waals surface area contributed by atoms with Crippen molar-refractivity contribution in [2.75, 3.05) is 20.2 Å². The number of pyridine rings is 1. The van der Waals surface area contributed by atoms with Gasteiger partial charge >= 0.3 is 0 Å². The number of hydrogen-bond acceptors (Lipinski definition) is 5. The Morgan fingerprint density at radius 1 is 1.12 bits per heavy atom. The number of nitrogens with zero attached hydrogens (tertiary/aromatic N) is 3. The maximum absolute atomic E-state index is 13.2. The predicted molar refractivity (Wildman–Crippen MR) is 122 cm³/mol. The van der Waals surface area contributed by atoms with Gasteiger partial charge in [-0.2, -0.15) is 0 Å². The first-order valence-corrected chi connectivity index (χ1v) is 11.5. The number of ether oxygens (including phenoxy) is 1. The number of methoxy groups -OCH3 is 1. The number of carbonyl (C=O) groups excluding carboxylic acids is 2. The van der Waals surface area contributed by atoms with E-state index in [4.69, 9.17) is 4.74 Å². The Labute approximate surface area is 188 Å². The third-order valence-corrected chi connectivity index (χ3v) is 6.62. The van der Waals surface area contributed by atoms with Gasteiger partial charge in [-0.3, -0.25) is 19.3 Å². The molecule has 0 spiro atoms. The average Bonchev–Trinajstić information content (AvgIpc) is 3.42. The maximum Gasteiger partial charge on any atom is 0.275 e. The Balaban J connectivity index is 0.00000119. The van der Waals surface area contributed by atoms with E-state index in [1.165, 1.54) is 7.11 Å². The van der Waals surface area contributed by atoms with E-state index >= 15 is 0 Å². The second kappa shape index (κ2) is 9.28. The summed E-state index contributed by atoms with van der Waals surface area (Å²) in [4.78, 5) is 43.4. The summed E-state index contributed by atoms with van der Waals surface area (Å²) in [7, 11) is 1.39. The number of amides is 1. The lowest BCUT2D eigenvalue weighted by Gasteiger charge is -2.36. The van der Waals surface area contributed by atoms with Gasteiger partial charge in [-0.15, -0.1) is 0 Å². The van der Waals surface area contributed by atoms with Crippen molar-refractivity contribution in [2.24, 2.45) is 0 Å². The minimum atomic E-state index is -0.492. The molecule has 1 aromatic heterocycles. The Kier molecular flexibility index (Phi) is 6.46. The van der Waals surface area contributed by atoms with E-state index in [1.807, 2.05) is 49.1 Å². The lowest BCUT2D eigenvalue weighted by Crippen LogP contribution is -2.50. The largest absolute Gasteiger partial charge is 0.491 e. The Morgan fingerprint density at radius 3 is 2.59 bits per heavy atom. The molecule has 1 amide bonds. The van der Waals surface area contributed by atoms with Crippen molar-refractivity contribution < 1.29 is 14.3 Å². The fourth-order valence-electron chi connectivity index (χ4n) is 5.14. The number of fused-ring (bicyclic) bond motifs is 4. The molecule has 4 heterocycles. The van der Waals surface area contributed by atoms with Crippen molar-refractivity contribution in [2.45, 2.75) is 58.3 Å². The third kappa shape index (κ3) is 3.75. The zero-order valence-electron chi connectivity index (χ0n) is 19.0. The molecule has 32 heavy (non-hydrogen) atoms. The quantitative estimate of drug-likeness (QED) is 0.673. The highest BCUT2D eigenvalue weighted by Crippen LogP contribution is 2.35. The van der Waals surface area contributed by atoms with E-state index in [1.54, 1.807) is 10.8 Å². The molecule has 0 bridgehead atoms. The van der Waals surface area contributed by atoms with Gasteiger partial charge in [0.25, 0.3) is 5.91 Å². The molecular formula is C25H31N3O4. The number of aromatic nitrogens is 1. The summed E-state index contributed by atoms with van der Waals surface area (Å²) >= 11 is 0. The molecule has 2 atom stereocenters. The van der Waals surface area contributed by atoms with Gasteiger partial charge in [-0.05, 0) is 24.8 Å². The van der Waals surface area contributed by atoms with Crippen LogP contribution in [0.15, 0.2) is 41.3 Å². The van der Waals surface area contributed by atoms with Gasteiger partial charge in [-0.25, -0.2) is 0 Å². The molecule has 3 aliphatic heterocycles. The molecular weight excluding hydrogens is 406 g/mol. The second-order valence-corrected chi connectivity index (χ2v) is 8.29. The summed E-state index contributed by atoms with van der Waals surface area (Å²) in [5, 5.41) is 0. The van der Waals surface area contributed by atoms with Gasteiger partial charge in [0.2, 0.25) is 5.43 Å². The fourth-order valence-corrected chi connectivity index (χ4v) is 5.14. The Bertz CT molecular complexity index is 1060. The summed E-state index contributed by atoms with van der Waals surface area (Å²) in [6.07, 6.45) is 4.60. The highest BCUT2D eigenvalue weighted by Gasteiger charge is 2.48. The molecule has 2 saturated heterocycles. The summed E-state index contributed by atoms with van der Waals surface area (Å²) in [5.41, 5.74) is 0.921. The van der Waals surface area contributed by atoms with Gasteiger partial charge in [0, 0.05) is 31.7 Å². The number of carbonyl (C=O) groups is 2. The number of benzene rings is 1. The molecule has 7 heteroatoms. The number of rotatable bonds is 5. The normalized spacial score (nSPS) is 21.3. The molecule has 7 nitrogen and oxygen atoms in total. The molecule has 0 radical (unpaired) electrons. The van der Waals surface area contributed by atoms with E-state index < -0.39 is 5.43 Å². The number of hydrogen-bond donors (Lipinski definition) is 0. The lowest BCUT2D eigenvalue weighted by molar-refractivity contribution is 0.0513. The lowest BCUT2D eigenvalue weighted by atomic mass is 10.0. The topological polar surface area (TPSA) is 71.8 Å². The van der Waals surface area contributed by atoms with Crippen molar-refractivity contribution in [3.05, 3.63) is 63.6 Å². The van der Waals surface area contributed by atoms with Crippen LogP contribution in [0.2, 0.25) is 0 Å². The molecule has 3 aliphatic rings. The van der Waals surface area contributed by atoms with Crippen molar-refractivity contribution in [1.29, 1.82) is 0 Å². The standard InChI is InChI=1S/C23H25N3O4.C2H6/c1-30-22-20-23(29)26-12-16-8-5-11-25(16)19(26)14-24(20)13-17(21(22)28)18(27)10-9-15-6-3-2-4-7-15;1-2/h2-4,6-7,13,16,19H,5,8-12,14H2,1H3;1-2H3/t16?,19-;/m0./s1. The van der Waals surface area contributed by atoms with Crippen LogP contribution in [-0.2, 0) is 13.0 Å². The van der Waals surface area contributed by atoms with Crippen LogP contribution in [0.3, 0.4) is 0 Å². The maximum atomic E-state index is 13.2. The number of ketones is 1. The second-order valence-electron chi connectivity index (χ2n) is 8.29. The summed E-state index contributed by atoms with van der Waals surface area (Å²) in [6.45, 7) is 6.22. The summed E-state index contributed by atoms with van der Waals surface area (Å²) < 4.78 is 7.13. The van der Waals surface area contributed by atoms with Crippen LogP contribution in [0.4, 0.5) is 0 Å². The van der Waals surface area contributed by atoms with Crippen LogP contribution in [0.5, 0.6) is 5.75 Å². The fraction of sp³-hybridized carbons (Fsp3) is 0.480. The predicted octanol–water partition coefficient (Wildman–Crippen LogP) is 2.96. The van der Waals surface area contributed by atoms with E-state index in [-0.39, 0.29) is 41.3 Å². The first-order valence-electron chi connectivity index (χ1n) is 11.5. The van der Waals surface area contributed by atoms with Crippen LogP contribution in [0, 0.1) is 0 Å². The molecule has 2 fully saturated rings. The highest BCUT2D eigenvalue weighted by molar-refractivity contribution is 6.00. The molecule has 0 aliphatic carbocycles. The molecule has 170 valence electrons. The van der Waals surface area contributed by atoms with Gasteiger partial charge in [0.05, 0.1) is 19.2 Å². The smallest absolute Gasteiger partial charge is 0.275 e. The number of aryl methyl sites for hydroxylation is 1. The zero-order chi connectivity index (χ0) is 22.8. The first kappa shape index (κ1) is 22.3. The van der Waals surface area contributed by atoms with E-state index in [9.17, 15) is 14.4 Å². The van der Waals surface area contributed by atoms with Crippen LogP contribution >= 0.6 is 0 Å². The molecule has 1 aromatic carbocycles. The van der Waals surface area contributed by atoms with Crippen LogP contribution in [0.25, 0.3) is 0 Å². The van der Waals surface area contributed by atoms with Gasteiger partial charge in [-0.1, -0.05) is 44.2 Å². The summed E-state index contributed by atoms with van der Waals surface area (Å²) in [6, 6.07) is 10.1. The van der Waals surface area contributed by atoms with Gasteiger partial charge < -0.3 is 14.2 Å². The first-order chi connectivity index (χ1) is 15.6. The van der Waals surface area contributed by atoms with Crippen molar-refractivity contribution in [3.63, 3.8) is 0 Å². The van der Waals surface area contributed by atoms with Gasteiger partial charge in [0.15, 0.2) is 17.2 Å². The minimum Gasteiger partial charge on any atom is -0.491 e. The molecule has 0 N–H and O–H groups in total. The minimum absolute atomic E-state index is 0.0167. The van der Waals surface area contributed by atoms with Crippen molar-refractivity contribution >= 4 is 11.7 Å². The SMILES string of the molecule is CC.COc1c2n(cc(C(=O)CCc3ccccc3)c1=O)C[C@@H]1N(CC3CCCN31)C2=O. The summed E-state index contributed by atoms with van der Waals surface area (Å²) in [5.74, 6) is -0.424. The average molecular weight is 438 g/mol. The third-order valence-electron chi connectivity index (χ3n) is 6.62. The Morgan fingerprint density at radius 2 is 1.88 bits per heavy atom. The zero-order valence-corrected chi connectivity index (χ0v) is 19.0. The number of Topliss-reactive ketones (excluding diaryl/α,β-unsaturated/α-hetero) is 1. The molecule has 1 unspecified atom stereocenters. The van der Waals surface area contributed by atoms with Crippen LogP contribution in [0.1, 0.15) is 59.5 Å².